The highest BCUT2D eigenvalue weighted by atomic mass is 32.2. The van der Waals surface area contributed by atoms with Crippen LogP contribution in [0.1, 0.15) is 31.2 Å². The molecule has 2 N–H and O–H groups in total. The van der Waals surface area contributed by atoms with Gasteiger partial charge in [0.05, 0.1) is 17.0 Å². The molecular weight excluding hydrogens is 430 g/mol. The Morgan fingerprint density at radius 1 is 1.06 bits per heavy atom. The third-order valence-corrected chi connectivity index (χ3v) is 6.35. The van der Waals surface area contributed by atoms with Crippen LogP contribution in [0.2, 0.25) is 0 Å². The van der Waals surface area contributed by atoms with Gasteiger partial charge in [0.1, 0.15) is 12.2 Å². The van der Waals surface area contributed by atoms with E-state index in [1.54, 1.807) is 12.1 Å². The zero-order valence-corrected chi connectivity index (χ0v) is 18.1. The van der Waals surface area contributed by atoms with Gasteiger partial charge in [-0.1, -0.05) is 24.6 Å². The summed E-state index contributed by atoms with van der Waals surface area (Å²) in [5.74, 6) is 0.234. The van der Waals surface area contributed by atoms with E-state index >= 15 is 0 Å². The molecule has 4 rings (SSSR count). The number of carbonyl (C=O) groups excluding carboxylic acids is 1. The molecule has 2 aromatic carbocycles. The van der Waals surface area contributed by atoms with E-state index in [9.17, 15) is 13.2 Å². The van der Waals surface area contributed by atoms with Crippen LogP contribution in [0.4, 0.5) is 5.69 Å². The van der Waals surface area contributed by atoms with E-state index in [2.05, 4.69) is 30.6 Å². The second-order valence-corrected chi connectivity index (χ2v) is 9.10. The fourth-order valence-corrected chi connectivity index (χ4v) is 4.48. The summed E-state index contributed by atoms with van der Waals surface area (Å²) < 4.78 is 29.6. The number of carbonyl (C=O) groups is 1. The van der Waals surface area contributed by atoms with Gasteiger partial charge in [0.15, 0.2) is 0 Å². The minimum absolute atomic E-state index is 0.0769. The van der Waals surface area contributed by atoms with Crippen molar-refractivity contribution in [2.45, 2.75) is 37.0 Å². The molecule has 0 saturated carbocycles. The zero-order valence-electron chi connectivity index (χ0n) is 17.3. The Morgan fingerprint density at radius 3 is 2.69 bits per heavy atom. The maximum Gasteiger partial charge on any atom is 0.262 e. The van der Waals surface area contributed by atoms with E-state index in [1.807, 2.05) is 24.3 Å². The lowest BCUT2D eigenvalue weighted by Crippen LogP contribution is -2.30. The van der Waals surface area contributed by atoms with Crippen molar-refractivity contribution < 1.29 is 13.2 Å². The van der Waals surface area contributed by atoms with Crippen LogP contribution in [0.5, 0.6) is 0 Å². The number of nitrogens with zero attached hydrogens (tertiary/aromatic N) is 5. The number of aromatic nitrogens is 4. The second-order valence-electron chi connectivity index (χ2n) is 7.42. The van der Waals surface area contributed by atoms with Crippen molar-refractivity contribution in [3.63, 3.8) is 0 Å². The van der Waals surface area contributed by atoms with Crippen LogP contribution in [0.3, 0.4) is 0 Å². The zero-order chi connectivity index (χ0) is 22.4. The number of hydrogen-bond donors (Lipinski definition) is 2. The second kappa shape index (κ2) is 9.69. The smallest absolute Gasteiger partial charge is 0.262 e. The third kappa shape index (κ3) is 5.55. The van der Waals surface area contributed by atoms with Crippen molar-refractivity contribution in [1.29, 1.82) is 0 Å². The minimum Gasteiger partial charge on any atom is -0.326 e. The quantitative estimate of drug-likeness (QED) is 0.588. The van der Waals surface area contributed by atoms with E-state index in [0.717, 1.165) is 30.5 Å². The predicted molar refractivity (Wildman–Crippen MR) is 119 cm³/mol. The van der Waals surface area contributed by atoms with Gasteiger partial charge in [-0.25, -0.2) is 13.1 Å². The molecule has 0 saturated heterocycles. The number of rotatable bonds is 6. The Kier molecular flexibility index (Phi) is 6.55. The first kappa shape index (κ1) is 21.6. The van der Waals surface area contributed by atoms with Crippen LogP contribution in [0.15, 0.2) is 64.7 Å². The monoisotopic (exact) mass is 453 g/mol. The van der Waals surface area contributed by atoms with E-state index in [4.69, 9.17) is 0 Å². The SMILES string of the molecule is O=C(Cc1ccc(-n2cnnn2)cc1)Nc1cccc(S(=O)(=O)NC2=NCCCCC2)c1. The van der Waals surface area contributed by atoms with Crippen molar-refractivity contribution in [3.8, 4) is 5.69 Å². The number of sulfonamides is 1. The highest BCUT2D eigenvalue weighted by Crippen LogP contribution is 2.17. The predicted octanol–water partition coefficient (Wildman–Crippen LogP) is 2.09. The van der Waals surface area contributed by atoms with Gasteiger partial charge >= 0.3 is 0 Å². The molecule has 0 atom stereocenters. The number of hydrogen-bond acceptors (Lipinski definition) is 7. The van der Waals surface area contributed by atoms with Crippen LogP contribution in [0, 0.1) is 0 Å². The standard InChI is InChI=1S/C21H23N7O3S/c29-21(13-16-8-10-18(11-9-16)28-15-23-26-27-28)24-17-5-4-6-19(14-17)32(30,31)25-20-7-2-1-3-12-22-20/h4-6,8-11,14-15H,1-3,7,12-13H2,(H,22,25)(H,24,29). The van der Waals surface area contributed by atoms with E-state index < -0.39 is 10.0 Å². The molecule has 166 valence electrons. The van der Waals surface area contributed by atoms with Crippen molar-refractivity contribution in [2.75, 3.05) is 11.9 Å². The molecule has 10 nitrogen and oxygen atoms in total. The first-order chi connectivity index (χ1) is 15.5. The average molecular weight is 454 g/mol. The summed E-state index contributed by atoms with van der Waals surface area (Å²) in [6.07, 6.45) is 5.15. The van der Waals surface area contributed by atoms with Crippen LogP contribution >= 0.6 is 0 Å². The Labute approximate surface area is 185 Å². The molecule has 0 spiro atoms. The minimum atomic E-state index is -3.77. The van der Waals surface area contributed by atoms with E-state index in [0.29, 0.717) is 24.5 Å². The lowest BCUT2D eigenvalue weighted by molar-refractivity contribution is -0.115. The number of amidine groups is 1. The Hall–Kier alpha value is -3.60. The molecule has 0 fully saturated rings. The Morgan fingerprint density at radius 2 is 1.91 bits per heavy atom. The number of amides is 1. The number of tetrazole rings is 1. The number of aliphatic imine (C=N–C) groups is 1. The largest absolute Gasteiger partial charge is 0.326 e. The topological polar surface area (TPSA) is 131 Å². The Bertz CT molecular complexity index is 1210. The maximum absolute atomic E-state index is 12.8. The summed E-state index contributed by atoms with van der Waals surface area (Å²) in [4.78, 5) is 16.9. The van der Waals surface area contributed by atoms with Crippen molar-refractivity contribution in [2.24, 2.45) is 4.99 Å². The van der Waals surface area contributed by atoms with Crippen molar-refractivity contribution in [3.05, 3.63) is 60.4 Å². The number of nitrogens with one attached hydrogen (secondary N) is 2. The van der Waals surface area contributed by atoms with E-state index in [-0.39, 0.29) is 17.2 Å². The van der Waals surface area contributed by atoms with Crippen LogP contribution in [0.25, 0.3) is 5.69 Å². The van der Waals surface area contributed by atoms with Crippen molar-refractivity contribution in [1.82, 2.24) is 24.9 Å². The molecule has 1 aliphatic heterocycles. The molecule has 32 heavy (non-hydrogen) atoms. The normalized spacial score (nSPS) is 14.3. The average Bonchev–Trinajstić information content (AvgIpc) is 3.20. The molecule has 0 bridgehead atoms. The first-order valence-corrected chi connectivity index (χ1v) is 11.8. The molecule has 0 aliphatic carbocycles. The van der Waals surface area contributed by atoms with Gasteiger partial charge in [-0.15, -0.1) is 5.10 Å². The lowest BCUT2D eigenvalue weighted by Gasteiger charge is -2.11. The lowest BCUT2D eigenvalue weighted by atomic mass is 10.1. The van der Waals surface area contributed by atoms with Gasteiger partial charge < -0.3 is 5.32 Å². The number of anilines is 1. The summed E-state index contributed by atoms with van der Waals surface area (Å²) in [6.45, 7) is 0.630. The molecule has 11 heteroatoms. The molecule has 0 radical (unpaired) electrons. The van der Waals surface area contributed by atoms with Crippen LogP contribution in [-0.4, -0.2) is 46.9 Å². The highest BCUT2D eigenvalue weighted by molar-refractivity contribution is 7.90. The highest BCUT2D eigenvalue weighted by Gasteiger charge is 2.18. The van der Waals surface area contributed by atoms with Gasteiger partial charge in [-0.05, 0) is 59.2 Å². The van der Waals surface area contributed by atoms with Crippen molar-refractivity contribution >= 4 is 27.5 Å². The molecule has 3 aromatic rings. The van der Waals surface area contributed by atoms with Gasteiger partial charge in [0, 0.05) is 18.7 Å². The molecule has 0 unspecified atom stereocenters. The molecule has 2 heterocycles. The first-order valence-electron chi connectivity index (χ1n) is 10.3. The maximum atomic E-state index is 12.8. The summed E-state index contributed by atoms with van der Waals surface area (Å²) in [5.41, 5.74) is 1.99. The molecule has 1 aliphatic rings. The van der Waals surface area contributed by atoms with Crippen LogP contribution in [-0.2, 0) is 21.2 Å². The van der Waals surface area contributed by atoms with Gasteiger partial charge in [-0.3, -0.25) is 14.5 Å². The number of benzene rings is 2. The summed E-state index contributed by atoms with van der Waals surface area (Å²) >= 11 is 0. The Balaban J connectivity index is 1.39. The summed E-state index contributed by atoms with van der Waals surface area (Å²) in [7, 11) is -3.77. The fourth-order valence-electron chi connectivity index (χ4n) is 3.35. The van der Waals surface area contributed by atoms with Crippen LogP contribution < -0.4 is 10.0 Å². The summed E-state index contributed by atoms with van der Waals surface area (Å²) in [6, 6.07) is 13.4. The van der Waals surface area contributed by atoms with Gasteiger partial charge in [-0.2, -0.15) is 0 Å². The third-order valence-electron chi connectivity index (χ3n) is 4.97. The van der Waals surface area contributed by atoms with Gasteiger partial charge in [0.2, 0.25) is 5.91 Å². The fraction of sp³-hybridized carbons (Fsp3) is 0.286. The molecule has 1 amide bonds. The molecular formula is C21H23N7O3S. The summed E-state index contributed by atoms with van der Waals surface area (Å²) in [5, 5.41) is 13.8. The van der Waals surface area contributed by atoms with E-state index in [1.165, 1.54) is 23.1 Å². The molecule has 1 aromatic heterocycles. The van der Waals surface area contributed by atoms with Gasteiger partial charge in [0.25, 0.3) is 10.0 Å².